The van der Waals surface area contributed by atoms with Gasteiger partial charge in [-0.1, -0.05) is 51.4 Å². The average Bonchev–Trinajstić information content (AvgIpc) is 2.39. The Balaban J connectivity index is 2.20. The van der Waals surface area contributed by atoms with Gasteiger partial charge in [0.05, 0.1) is 5.02 Å². The van der Waals surface area contributed by atoms with E-state index in [0.29, 0.717) is 11.6 Å². The molecule has 0 spiro atoms. The summed E-state index contributed by atoms with van der Waals surface area (Å²) >= 11 is 11.1. The predicted octanol–water partition coefficient (Wildman–Crippen LogP) is 4.29. The van der Waals surface area contributed by atoms with Crippen LogP contribution in [0.1, 0.15) is 10.8 Å². The number of pyridine rings is 1. The van der Waals surface area contributed by atoms with E-state index in [0.717, 1.165) is 9.50 Å². The monoisotopic (exact) mass is 342 g/mol. The number of halogens is 2. The van der Waals surface area contributed by atoms with Crippen molar-refractivity contribution >= 4 is 39.3 Å². The molecule has 1 aromatic heterocycles. The van der Waals surface area contributed by atoms with Crippen LogP contribution in [0.15, 0.2) is 52.1 Å². The van der Waals surface area contributed by atoms with Crippen LogP contribution in [0.3, 0.4) is 0 Å². The van der Waals surface area contributed by atoms with E-state index in [2.05, 4.69) is 33.0 Å². The molecule has 18 heavy (non-hydrogen) atoms. The van der Waals surface area contributed by atoms with Crippen molar-refractivity contribution in [2.24, 2.45) is 5.73 Å². The van der Waals surface area contributed by atoms with Gasteiger partial charge in [0.1, 0.15) is 5.03 Å². The molecule has 0 saturated carbocycles. The first-order valence-corrected chi connectivity index (χ1v) is 7.48. The summed E-state index contributed by atoms with van der Waals surface area (Å²) in [5.41, 5.74) is 7.01. The summed E-state index contributed by atoms with van der Waals surface area (Å²) in [7, 11) is 0. The Bertz CT molecular complexity index is 519. The van der Waals surface area contributed by atoms with Crippen molar-refractivity contribution in [3.05, 3.63) is 57.7 Å². The zero-order chi connectivity index (χ0) is 13.0. The van der Waals surface area contributed by atoms with Crippen LogP contribution in [0.2, 0.25) is 5.02 Å². The number of nitrogens with two attached hydrogens (primary N) is 1. The summed E-state index contributed by atoms with van der Waals surface area (Å²) in [5, 5.41) is 1.64. The van der Waals surface area contributed by atoms with Gasteiger partial charge in [0, 0.05) is 22.5 Å². The highest BCUT2D eigenvalue weighted by atomic mass is 79.9. The lowest BCUT2D eigenvalue weighted by molar-refractivity contribution is 0.934. The Labute approximate surface area is 124 Å². The zero-order valence-electron chi connectivity index (χ0n) is 9.51. The molecule has 0 fully saturated rings. The van der Waals surface area contributed by atoms with Crippen LogP contribution in [-0.2, 0) is 0 Å². The molecule has 0 saturated heterocycles. The van der Waals surface area contributed by atoms with Crippen molar-refractivity contribution in [1.29, 1.82) is 0 Å². The highest BCUT2D eigenvalue weighted by Gasteiger charge is 2.14. The fourth-order valence-electron chi connectivity index (χ4n) is 1.52. The molecule has 0 aliphatic heterocycles. The predicted molar refractivity (Wildman–Crippen MR) is 81.0 cm³/mol. The van der Waals surface area contributed by atoms with Crippen LogP contribution in [0.4, 0.5) is 0 Å². The molecule has 2 N–H and O–H groups in total. The number of thioether (sulfide) groups is 1. The molecular formula is C13H12BrClN2S. The molecule has 0 amide bonds. The maximum Gasteiger partial charge on any atom is 0.115 e. The summed E-state index contributed by atoms with van der Waals surface area (Å²) in [5.74, 6) is 0. The highest BCUT2D eigenvalue weighted by Crippen LogP contribution is 2.36. The lowest BCUT2D eigenvalue weighted by atomic mass is 10.1. The maximum atomic E-state index is 6.11. The number of hydrogen-bond acceptors (Lipinski definition) is 3. The van der Waals surface area contributed by atoms with E-state index in [1.54, 1.807) is 18.0 Å². The Hall–Kier alpha value is -0.550. The molecule has 0 aliphatic carbocycles. The fraction of sp³-hybridized carbons (Fsp3) is 0.154. The summed E-state index contributed by atoms with van der Waals surface area (Å²) in [4.78, 5) is 4.28. The van der Waals surface area contributed by atoms with Gasteiger partial charge in [0.25, 0.3) is 0 Å². The fourth-order valence-corrected chi connectivity index (χ4v) is 3.00. The van der Waals surface area contributed by atoms with Crippen molar-refractivity contribution in [2.75, 3.05) is 6.54 Å². The molecular weight excluding hydrogens is 332 g/mol. The van der Waals surface area contributed by atoms with Crippen molar-refractivity contribution in [3.63, 3.8) is 0 Å². The van der Waals surface area contributed by atoms with E-state index in [4.69, 9.17) is 17.3 Å². The van der Waals surface area contributed by atoms with E-state index in [1.807, 2.05) is 24.3 Å². The second-order valence-electron chi connectivity index (χ2n) is 3.68. The van der Waals surface area contributed by atoms with Crippen molar-refractivity contribution in [2.45, 2.75) is 10.3 Å². The molecule has 0 bridgehead atoms. The Morgan fingerprint density at radius 3 is 2.61 bits per heavy atom. The minimum Gasteiger partial charge on any atom is -0.329 e. The molecule has 5 heteroatoms. The smallest absolute Gasteiger partial charge is 0.115 e. The van der Waals surface area contributed by atoms with Crippen molar-refractivity contribution in [1.82, 2.24) is 4.98 Å². The highest BCUT2D eigenvalue weighted by molar-refractivity contribution is 9.10. The van der Waals surface area contributed by atoms with Crippen LogP contribution < -0.4 is 5.73 Å². The molecule has 1 atom stereocenters. The Kier molecular flexibility index (Phi) is 5.06. The van der Waals surface area contributed by atoms with Crippen LogP contribution in [0.25, 0.3) is 0 Å². The number of benzene rings is 1. The molecule has 2 rings (SSSR count). The van der Waals surface area contributed by atoms with Gasteiger partial charge in [-0.2, -0.15) is 0 Å². The van der Waals surface area contributed by atoms with Gasteiger partial charge in [-0.3, -0.25) is 0 Å². The van der Waals surface area contributed by atoms with E-state index < -0.39 is 0 Å². The second kappa shape index (κ2) is 6.57. The Morgan fingerprint density at radius 2 is 2.00 bits per heavy atom. The molecule has 2 aromatic rings. The normalized spacial score (nSPS) is 12.4. The van der Waals surface area contributed by atoms with Gasteiger partial charge in [-0.05, 0) is 29.8 Å². The van der Waals surface area contributed by atoms with E-state index in [1.165, 1.54) is 5.56 Å². The second-order valence-corrected chi connectivity index (χ2v) is 6.20. The van der Waals surface area contributed by atoms with Gasteiger partial charge in [-0.25, -0.2) is 4.98 Å². The average molecular weight is 344 g/mol. The topological polar surface area (TPSA) is 38.9 Å². The molecule has 94 valence electrons. The van der Waals surface area contributed by atoms with Gasteiger partial charge < -0.3 is 5.73 Å². The molecule has 1 unspecified atom stereocenters. The maximum absolute atomic E-state index is 6.11. The Morgan fingerprint density at radius 1 is 1.28 bits per heavy atom. The molecule has 1 heterocycles. The van der Waals surface area contributed by atoms with Gasteiger partial charge in [0.2, 0.25) is 0 Å². The van der Waals surface area contributed by atoms with Crippen LogP contribution >= 0.6 is 39.3 Å². The zero-order valence-corrected chi connectivity index (χ0v) is 12.7. The van der Waals surface area contributed by atoms with E-state index in [9.17, 15) is 0 Å². The molecule has 0 aliphatic rings. The largest absolute Gasteiger partial charge is 0.329 e. The van der Waals surface area contributed by atoms with Gasteiger partial charge >= 0.3 is 0 Å². The first-order chi connectivity index (χ1) is 8.70. The SMILES string of the molecule is NCC(Sc1ncccc1Cl)c1ccc(Br)cc1. The first kappa shape index (κ1) is 13.9. The minimum atomic E-state index is 0.158. The van der Waals surface area contributed by atoms with Crippen LogP contribution in [-0.4, -0.2) is 11.5 Å². The van der Waals surface area contributed by atoms with Crippen molar-refractivity contribution < 1.29 is 0 Å². The number of rotatable bonds is 4. The quantitative estimate of drug-likeness (QED) is 0.842. The lowest BCUT2D eigenvalue weighted by Gasteiger charge is -2.15. The van der Waals surface area contributed by atoms with Gasteiger partial charge in [-0.15, -0.1) is 0 Å². The molecule has 2 nitrogen and oxygen atoms in total. The third-order valence-corrected chi connectivity index (χ3v) is 4.68. The van der Waals surface area contributed by atoms with Gasteiger partial charge in [0.15, 0.2) is 0 Å². The minimum absolute atomic E-state index is 0.158. The van der Waals surface area contributed by atoms with E-state index >= 15 is 0 Å². The number of aromatic nitrogens is 1. The standard InChI is InChI=1S/C13H12BrClN2S/c14-10-5-3-9(4-6-10)12(8-16)18-13-11(15)2-1-7-17-13/h1-7,12H,8,16H2. The molecule has 1 aromatic carbocycles. The number of hydrogen-bond donors (Lipinski definition) is 1. The lowest BCUT2D eigenvalue weighted by Crippen LogP contribution is -2.09. The molecule has 0 radical (unpaired) electrons. The van der Waals surface area contributed by atoms with Crippen LogP contribution in [0.5, 0.6) is 0 Å². The summed E-state index contributed by atoms with van der Waals surface area (Å²) in [6.45, 7) is 0.541. The summed E-state index contributed by atoms with van der Waals surface area (Å²) in [6.07, 6.45) is 1.74. The van der Waals surface area contributed by atoms with Crippen LogP contribution in [0, 0.1) is 0 Å². The number of nitrogens with zero attached hydrogens (tertiary/aromatic N) is 1. The third kappa shape index (κ3) is 3.48. The van der Waals surface area contributed by atoms with Crippen molar-refractivity contribution in [3.8, 4) is 0 Å². The summed E-state index contributed by atoms with van der Waals surface area (Å²) < 4.78 is 1.06. The first-order valence-electron chi connectivity index (χ1n) is 5.43. The van der Waals surface area contributed by atoms with E-state index in [-0.39, 0.29) is 5.25 Å². The summed E-state index contributed by atoms with van der Waals surface area (Å²) in [6, 6.07) is 11.8. The third-order valence-electron chi connectivity index (χ3n) is 2.43.